The molecule has 0 amide bonds. The third-order valence-electron chi connectivity index (χ3n) is 4.65. The van der Waals surface area contributed by atoms with E-state index in [1.165, 1.54) is 35.8 Å². The molecule has 1 aliphatic rings. The normalized spacial score (nSPS) is 16.9. The van der Waals surface area contributed by atoms with Crippen LogP contribution in [0.5, 0.6) is 0 Å². The largest absolute Gasteiger partial charge is 0.454 e. The Hall–Kier alpha value is -2.10. The van der Waals surface area contributed by atoms with Crippen LogP contribution in [-0.4, -0.2) is 44.2 Å². The number of rotatable bonds is 6. The average Bonchev–Trinajstić information content (AvgIpc) is 3.08. The first kappa shape index (κ1) is 20.6. The molecular weight excluding hydrogens is 405 g/mol. The van der Waals surface area contributed by atoms with E-state index in [2.05, 4.69) is 0 Å². The van der Waals surface area contributed by atoms with Gasteiger partial charge >= 0.3 is 5.97 Å². The monoisotopic (exact) mass is 425 g/mol. The van der Waals surface area contributed by atoms with Gasteiger partial charge in [-0.05, 0) is 42.5 Å². The van der Waals surface area contributed by atoms with Crippen LogP contribution in [0.4, 0.5) is 4.39 Å². The molecule has 1 aromatic heterocycles. The number of fused-ring (bicyclic) bond motifs is 1. The van der Waals surface area contributed by atoms with Crippen molar-refractivity contribution in [1.29, 1.82) is 0 Å². The van der Waals surface area contributed by atoms with Crippen LogP contribution in [0.1, 0.15) is 34.1 Å². The third kappa shape index (κ3) is 4.16. The number of sulfonamides is 1. The lowest BCUT2D eigenvalue weighted by Crippen LogP contribution is -2.33. The fourth-order valence-electron chi connectivity index (χ4n) is 3.12. The van der Waals surface area contributed by atoms with Crippen LogP contribution in [0.3, 0.4) is 0 Å². The van der Waals surface area contributed by atoms with Crippen LogP contribution in [-0.2, 0) is 32.4 Å². The summed E-state index contributed by atoms with van der Waals surface area (Å²) in [5.74, 6) is -1.23. The lowest BCUT2D eigenvalue weighted by molar-refractivity contribution is -0.144. The summed E-state index contributed by atoms with van der Waals surface area (Å²) >= 11 is 1.06. The Labute approximate surface area is 167 Å². The van der Waals surface area contributed by atoms with Gasteiger partial charge in [0.1, 0.15) is 5.82 Å². The molecule has 2 aromatic rings. The summed E-state index contributed by atoms with van der Waals surface area (Å²) in [6.07, 6.45) is 0.207. The molecule has 0 radical (unpaired) electrons. The highest BCUT2D eigenvalue weighted by atomic mass is 32.2. The molecular formula is C19H20FNO5S2. The second-order valence-corrected chi connectivity index (χ2v) is 9.50. The minimum Gasteiger partial charge on any atom is -0.454 e. The maximum absolute atomic E-state index is 13.0. The molecule has 1 atom stereocenters. The Balaban J connectivity index is 1.76. The molecule has 0 aliphatic heterocycles. The highest BCUT2D eigenvalue weighted by Crippen LogP contribution is 2.35. The number of ether oxygens (including phenoxy) is 1. The molecule has 0 spiro atoms. The minimum absolute atomic E-state index is 0.128. The summed E-state index contributed by atoms with van der Waals surface area (Å²) in [5.41, 5.74) is 1.32. The van der Waals surface area contributed by atoms with Crippen molar-refractivity contribution in [2.75, 3.05) is 13.6 Å². The fourth-order valence-corrected chi connectivity index (χ4v) is 5.97. The maximum atomic E-state index is 13.0. The molecule has 0 fully saturated rings. The van der Waals surface area contributed by atoms with Crippen molar-refractivity contribution in [1.82, 2.24) is 4.31 Å². The van der Waals surface area contributed by atoms with E-state index >= 15 is 0 Å². The van der Waals surface area contributed by atoms with Crippen molar-refractivity contribution >= 4 is 33.1 Å². The Morgan fingerprint density at radius 2 is 2.00 bits per heavy atom. The second kappa shape index (κ2) is 8.10. The van der Waals surface area contributed by atoms with Gasteiger partial charge in [-0.15, -0.1) is 11.3 Å². The van der Waals surface area contributed by atoms with Crippen LogP contribution >= 0.6 is 11.3 Å². The van der Waals surface area contributed by atoms with Gasteiger partial charge < -0.3 is 4.74 Å². The van der Waals surface area contributed by atoms with E-state index < -0.39 is 22.1 Å². The number of halogens is 1. The number of benzene rings is 1. The number of esters is 1. The number of ketones is 1. The molecule has 0 saturated carbocycles. The number of carbonyl (C=O) groups excluding carboxylic acids is 2. The molecule has 9 heteroatoms. The zero-order valence-corrected chi connectivity index (χ0v) is 17.1. The van der Waals surface area contributed by atoms with E-state index in [-0.39, 0.29) is 29.5 Å². The first-order chi connectivity index (χ1) is 13.2. The molecule has 6 nitrogen and oxygen atoms in total. The summed E-state index contributed by atoms with van der Waals surface area (Å²) < 4.78 is 45.2. The van der Waals surface area contributed by atoms with Gasteiger partial charge in [0.25, 0.3) is 0 Å². The van der Waals surface area contributed by atoms with Crippen molar-refractivity contribution in [3.63, 3.8) is 0 Å². The van der Waals surface area contributed by atoms with Gasteiger partial charge in [-0.2, -0.15) is 0 Å². The van der Waals surface area contributed by atoms with Crippen molar-refractivity contribution < 1.29 is 27.1 Å². The van der Waals surface area contributed by atoms with Crippen LogP contribution < -0.4 is 0 Å². The van der Waals surface area contributed by atoms with E-state index in [0.29, 0.717) is 23.3 Å². The number of hydrogen-bond acceptors (Lipinski definition) is 6. The Bertz CT molecular complexity index is 998. The Kier molecular flexibility index (Phi) is 5.97. The molecule has 0 N–H and O–H groups in total. The average molecular weight is 426 g/mol. The van der Waals surface area contributed by atoms with Gasteiger partial charge in [-0.25, -0.2) is 17.1 Å². The van der Waals surface area contributed by atoms with Crippen molar-refractivity contribution in [3.8, 4) is 0 Å². The molecule has 1 aliphatic carbocycles. The molecule has 28 heavy (non-hydrogen) atoms. The smallest absolute Gasteiger partial charge is 0.303 e. The molecule has 3 rings (SSSR count). The van der Waals surface area contributed by atoms with E-state index in [1.807, 2.05) is 0 Å². The molecule has 1 unspecified atom stereocenters. The summed E-state index contributed by atoms with van der Waals surface area (Å²) in [7, 11) is -2.29. The molecule has 1 aromatic carbocycles. The predicted molar refractivity (Wildman–Crippen MR) is 102 cm³/mol. The van der Waals surface area contributed by atoms with Crippen molar-refractivity contribution in [2.45, 2.75) is 37.2 Å². The molecule has 1 heterocycles. The molecule has 0 saturated heterocycles. The number of hydrogen-bond donors (Lipinski definition) is 0. The van der Waals surface area contributed by atoms with Gasteiger partial charge in [0, 0.05) is 25.9 Å². The van der Waals surface area contributed by atoms with Crippen molar-refractivity contribution in [2.24, 2.45) is 0 Å². The summed E-state index contributed by atoms with van der Waals surface area (Å²) in [4.78, 5) is 24.1. The van der Waals surface area contributed by atoms with Gasteiger partial charge in [-0.3, -0.25) is 9.59 Å². The summed E-state index contributed by atoms with van der Waals surface area (Å²) in [6.45, 7) is 1.46. The van der Waals surface area contributed by atoms with Crippen molar-refractivity contribution in [3.05, 3.63) is 51.5 Å². The summed E-state index contributed by atoms with van der Waals surface area (Å²) in [6, 6.07) is 5.92. The van der Waals surface area contributed by atoms with Crippen LogP contribution in [0.2, 0.25) is 0 Å². The zero-order valence-electron chi connectivity index (χ0n) is 15.5. The lowest BCUT2D eigenvalue weighted by atomic mass is 9.95. The van der Waals surface area contributed by atoms with Gasteiger partial charge in [0.05, 0.1) is 9.77 Å². The van der Waals surface area contributed by atoms with Crippen LogP contribution in [0.25, 0.3) is 0 Å². The summed E-state index contributed by atoms with van der Waals surface area (Å²) in [5, 5.41) is 1.47. The Morgan fingerprint density at radius 3 is 2.64 bits per heavy atom. The number of carbonyl (C=O) groups is 2. The SMILES string of the molecule is CC(=O)OC1CCc2c(S(=O)(=O)N(C)CCc3ccc(F)cc3)csc2C1=O. The topological polar surface area (TPSA) is 80.8 Å². The highest BCUT2D eigenvalue weighted by molar-refractivity contribution is 7.89. The first-order valence-electron chi connectivity index (χ1n) is 8.72. The minimum atomic E-state index is -3.77. The van der Waals surface area contributed by atoms with Crippen LogP contribution in [0.15, 0.2) is 34.5 Å². The third-order valence-corrected chi connectivity index (χ3v) is 7.76. The quantitative estimate of drug-likeness (QED) is 0.665. The number of Topliss-reactive ketones (excluding diaryl/α,β-unsaturated/α-hetero) is 1. The van der Waals surface area contributed by atoms with E-state index in [9.17, 15) is 22.4 Å². The first-order valence-corrected chi connectivity index (χ1v) is 11.0. The van der Waals surface area contributed by atoms with E-state index in [1.54, 1.807) is 12.1 Å². The number of thiophene rings is 1. The van der Waals surface area contributed by atoms with E-state index in [4.69, 9.17) is 4.74 Å². The van der Waals surface area contributed by atoms with Crippen LogP contribution in [0, 0.1) is 5.82 Å². The van der Waals surface area contributed by atoms with E-state index in [0.717, 1.165) is 16.9 Å². The highest BCUT2D eigenvalue weighted by Gasteiger charge is 2.36. The lowest BCUT2D eigenvalue weighted by Gasteiger charge is -2.22. The standard InChI is InChI=1S/C19H20FNO5S2/c1-12(22)26-16-8-7-15-17(11-27-19(15)18(16)23)28(24,25)21(2)10-9-13-3-5-14(20)6-4-13/h3-6,11,16H,7-10H2,1-2H3. The molecule has 0 bridgehead atoms. The fraction of sp³-hybridized carbons (Fsp3) is 0.368. The zero-order chi connectivity index (χ0) is 20.5. The predicted octanol–water partition coefficient (Wildman–Crippen LogP) is 2.81. The Morgan fingerprint density at radius 1 is 1.32 bits per heavy atom. The van der Waals surface area contributed by atoms with Gasteiger partial charge in [-0.1, -0.05) is 12.1 Å². The maximum Gasteiger partial charge on any atom is 0.303 e. The number of likely N-dealkylation sites (N-methyl/N-ethyl adjacent to an activating group) is 1. The number of nitrogens with zero attached hydrogens (tertiary/aromatic N) is 1. The van der Waals surface area contributed by atoms with Gasteiger partial charge in [0.2, 0.25) is 15.8 Å². The molecule has 150 valence electrons. The second-order valence-electron chi connectivity index (χ2n) is 6.61. The van der Waals surface area contributed by atoms with Gasteiger partial charge in [0.15, 0.2) is 6.10 Å².